The molecule has 0 aromatic carbocycles. The van der Waals surface area contributed by atoms with Gasteiger partial charge in [-0.1, -0.05) is 66.0 Å². The van der Waals surface area contributed by atoms with Crippen molar-refractivity contribution in [3.05, 3.63) is 0 Å². The Kier molecular flexibility index (Phi) is 3.02. The second-order valence-electron chi connectivity index (χ2n) is 10.4. The highest BCUT2D eigenvalue weighted by molar-refractivity contribution is 6.40. The van der Waals surface area contributed by atoms with E-state index in [1.165, 1.54) is 25.7 Å². The van der Waals surface area contributed by atoms with E-state index in [0.29, 0.717) is 10.8 Å². The summed E-state index contributed by atoms with van der Waals surface area (Å²) >= 11 is 0. The van der Waals surface area contributed by atoms with E-state index < -0.39 is 0 Å². The van der Waals surface area contributed by atoms with E-state index in [-0.39, 0.29) is 0 Å². The number of hydrogen-bond donors (Lipinski definition) is 0. The van der Waals surface area contributed by atoms with Gasteiger partial charge in [-0.25, -0.2) is 0 Å². The van der Waals surface area contributed by atoms with Gasteiger partial charge in [0, 0.05) is 0 Å². The van der Waals surface area contributed by atoms with Crippen LogP contribution in [0.1, 0.15) is 67.2 Å². The van der Waals surface area contributed by atoms with Crippen LogP contribution in [0.15, 0.2) is 0 Å². The Bertz CT molecular complexity index is 397. The Morgan fingerprint density at radius 1 is 0.667 bits per heavy atom. The average Bonchev–Trinajstić information content (AvgIpc) is 2.41. The molecule has 0 N–H and O–H groups in total. The summed E-state index contributed by atoms with van der Waals surface area (Å²) in [5, 5.41) is 0. The first-order valence-corrected chi connectivity index (χ1v) is 9.58. The van der Waals surface area contributed by atoms with Gasteiger partial charge in [0.1, 0.15) is 7.28 Å². The molecule has 1 radical (unpaired) electrons. The lowest BCUT2D eigenvalue weighted by Crippen LogP contribution is -2.57. The summed E-state index contributed by atoms with van der Waals surface area (Å²) in [6.45, 7) is 15.2. The molecule has 8 atom stereocenters. The molecule has 0 unspecified atom stereocenters. The molecular formula is C20H34B. The third kappa shape index (κ3) is 1.81. The fraction of sp³-hybridized carbons (Fsp3) is 1.00. The van der Waals surface area contributed by atoms with Crippen molar-refractivity contribution >= 4 is 7.28 Å². The van der Waals surface area contributed by atoms with Gasteiger partial charge in [-0.05, 0) is 59.2 Å². The fourth-order valence-electron chi connectivity index (χ4n) is 7.21. The molecule has 1 heteroatoms. The molecule has 0 aromatic rings. The second-order valence-corrected chi connectivity index (χ2v) is 10.4. The summed E-state index contributed by atoms with van der Waals surface area (Å²) in [4.78, 5) is 0. The minimum Gasteiger partial charge on any atom is -0.0655 e. The Morgan fingerprint density at radius 3 is 1.33 bits per heavy atom. The van der Waals surface area contributed by atoms with Crippen LogP contribution in [0.2, 0.25) is 11.6 Å². The highest BCUT2D eigenvalue weighted by Gasteiger charge is 2.59. The second kappa shape index (κ2) is 4.32. The molecule has 0 aromatic heterocycles. The van der Waals surface area contributed by atoms with E-state index in [0.717, 1.165) is 47.1 Å². The first-order valence-electron chi connectivity index (χ1n) is 9.58. The van der Waals surface area contributed by atoms with Crippen molar-refractivity contribution in [2.24, 2.45) is 46.3 Å². The fourth-order valence-corrected chi connectivity index (χ4v) is 7.21. The lowest BCUT2D eigenvalue weighted by molar-refractivity contribution is -0.106. The lowest BCUT2D eigenvalue weighted by Gasteiger charge is -2.65. The quantitative estimate of drug-likeness (QED) is 0.573. The predicted molar refractivity (Wildman–Crippen MR) is 91.6 cm³/mol. The Balaban J connectivity index is 1.42. The highest BCUT2D eigenvalue weighted by atomic mass is 14.6. The lowest BCUT2D eigenvalue weighted by atomic mass is 9.31. The molecule has 6 fully saturated rings. The first-order chi connectivity index (χ1) is 9.73. The SMILES string of the molecule is C[C@@H]1[C@H]([B][C@@H]2C[C@H]3C[C@@H]([C@H]2C)C3(C)C)C[C@H]2C[C@H]1C2(C)C. The normalized spacial score (nSPS) is 56.1. The summed E-state index contributed by atoms with van der Waals surface area (Å²) in [6.07, 6.45) is 6.03. The zero-order chi connectivity index (χ0) is 15.2. The van der Waals surface area contributed by atoms with E-state index in [9.17, 15) is 0 Å². The molecule has 6 saturated carbocycles. The van der Waals surface area contributed by atoms with Crippen LogP contribution >= 0.6 is 0 Å². The third-order valence-electron chi connectivity index (χ3n) is 9.32. The Morgan fingerprint density at radius 2 is 1.05 bits per heavy atom. The predicted octanol–water partition coefficient (Wildman–Crippen LogP) is 5.67. The molecule has 117 valence electrons. The molecule has 0 spiro atoms. The van der Waals surface area contributed by atoms with Gasteiger partial charge in [-0.2, -0.15) is 0 Å². The summed E-state index contributed by atoms with van der Waals surface area (Å²) in [6, 6.07) is 0. The van der Waals surface area contributed by atoms with Crippen LogP contribution < -0.4 is 0 Å². The van der Waals surface area contributed by atoms with Crippen LogP contribution in [0.25, 0.3) is 0 Å². The topological polar surface area (TPSA) is 0 Å². The highest BCUT2D eigenvalue weighted by Crippen LogP contribution is 2.68. The molecule has 0 saturated heterocycles. The van der Waals surface area contributed by atoms with E-state index in [2.05, 4.69) is 48.8 Å². The van der Waals surface area contributed by atoms with Gasteiger partial charge in [0.15, 0.2) is 0 Å². The van der Waals surface area contributed by atoms with Crippen molar-refractivity contribution in [2.75, 3.05) is 0 Å². The molecule has 6 rings (SSSR count). The van der Waals surface area contributed by atoms with Gasteiger partial charge < -0.3 is 0 Å². The number of hydrogen-bond acceptors (Lipinski definition) is 0. The van der Waals surface area contributed by atoms with Gasteiger partial charge in [0.2, 0.25) is 0 Å². The van der Waals surface area contributed by atoms with Crippen molar-refractivity contribution in [3.8, 4) is 0 Å². The van der Waals surface area contributed by atoms with E-state index >= 15 is 0 Å². The zero-order valence-corrected chi connectivity index (χ0v) is 15.0. The third-order valence-corrected chi connectivity index (χ3v) is 9.32. The first kappa shape index (κ1) is 14.6. The van der Waals surface area contributed by atoms with Crippen LogP contribution in [0, 0.1) is 46.3 Å². The van der Waals surface area contributed by atoms with Gasteiger partial charge in [-0.3, -0.25) is 0 Å². The minimum atomic E-state index is 0.645. The largest absolute Gasteiger partial charge is 0.118 e. The van der Waals surface area contributed by atoms with Gasteiger partial charge in [0.05, 0.1) is 0 Å². The standard InChI is InChI=1S/C20H34B/c1-11-15-7-13(19(15,3)4)9-17(11)21-18-10-14-8-16(12(18)2)20(14,5)6/h11-18H,7-10H2,1-6H3/t11-,12+,13-,14-,15+,16-,17-,18-/m1/s1. The molecular weight excluding hydrogens is 251 g/mol. The van der Waals surface area contributed by atoms with Crippen LogP contribution in [-0.2, 0) is 0 Å². The van der Waals surface area contributed by atoms with Gasteiger partial charge >= 0.3 is 0 Å². The van der Waals surface area contributed by atoms with Gasteiger partial charge in [-0.15, -0.1) is 0 Å². The Labute approximate surface area is 133 Å². The molecule has 0 aliphatic heterocycles. The molecule has 0 nitrogen and oxygen atoms in total. The van der Waals surface area contributed by atoms with E-state index in [1.54, 1.807) is 0 Å². The maximum absolute atomic E-state index is 2.86. The summed E-state index contributed by atoms with van der Waals surface area (Å²) in [5.41, 5.74) is 1.29. The van der Waals surface area contributed by atoms with Crippen molar-refractivity contribution < 1.29 is 0 Å². The summed E-state index contributed by atoms with van der Waals surface area (Å²) in [5.74, 6) is 7.76. The summed E-state index contributed by atoms with van der Waals surface area (Å²) in [7, 11) is 2.86. The molecule has 21 heavy (non-hydrogen) atoms. The summed E-state index contributed by atoms with van der Waals surface area (Å²) < 4.78 is 0. The van der Waals surface area contributed by atoms with Crippen molar-refractivity contribution in [2.45, 2.75) is 78.9 Å². The molecule has 0 amide bonds. The minimum absolute atomic E-state index is 0.645. The smallest absolute Gasteiger partial charge is 0.0655 e. The molecule has 6 aliphatic rings. The van der Waals surface area contributed by atoms with Crippen molar-refractivity contribution in [1.29, 1.82) is 0 Å². The molecule has 6 aliphatic carbocycles. The van der Waals surface area contributed by atoms with E-state index in [1.807, 2.05) is 0 Å². The maximum Gasteiger partial charge on any atom is 0.118 e. The van der Waals surface area contributed by atoms with E-state index in [4.69, 9.17) is 0 Å². The molecule has 4 bridgehead atoms. The monoisotopic (exact) mass is 285 g/mol. The van der Waals surface area contributed by atoms with Crippen molar-refractivity contribution in [1.82, 2.24) is 0 Å². The average molecular weight is 285 g/mol. The van der Waals surface area contributed by atoms with Crippen LogP contribution in [-0.4, -0.2) is 7.28 Å². The number of fused-ring (bicyclic) bond motifs is 4. The molecule has 0 heterocycles. The Hall–Kier alpha value is 0.0649. The van der Waals surface area contributed by atoms with Crippen molar-refractivity contribution in [3.63, 3.8) is 0 Å². The van der Waals surface area contributed by atoms with Crippen LogP contribution in [0.4, 0.5) is 0 Å². The maximum atomic E-state index is 2.86. The zero-order valence-electron chi connectivity index (χ0n) is 15.0. The van der Waals surface area contributed by atoms with Crippen LogP contribution in [0.3, 0.4) is 0 Å². The number of rotatable bonds is 2. The van der Waals surface area contributed by atoms with Gasteiger partial charge in [0.25, 0.3) is 0 Å². The van der Waals surface area contributed by atoms with Crippen LogP contribution in [0.5, 0.6) is 0 Å².